The number of anilines is 2. The zero-order valence-corrected chi connectivity index (χ0v) is 22.5. The first-order chi connectivity index (χ1) is 19.4. The summed E-state index contributed by atoms with van der Waals surface area (Å²) in [5, 5.41) is 8.61. The lowest BCUT2D eigenvalue weighted by molar-refractivity contribution is -0.121. The fraction of sp³-hybridized carbons (Fsp3) is 0.0667. The molecule has 1 fully saturated rings. The number of carbonyl (C=O) groups is 4. The number of imide groups is 1. The van der Waals surface area contributed by atoms with Gasteiger partial charge in [-0.15, -0.1) is 11.8 Å². The van der Waals surface area contributed by atoms with Gasteiger partial charge in [0.25, 0.3) is 11.8 Å². The second kappa shape index (κ2) is 12.1. The van der Waals surface area contributed by atoms with Crippen molar-refractivity contribution < 1.29 is 23.6 Å². The zero-order chi connectivity index (χ0) is 28.1. The van der Waals surface area contributed by atoms with E-state index in [9.17, 15) is 23.6 Å². The van der Waals surface area contributed by atoms with Crippen LogP contribution < -0.4 is 15.5 Å². The number of thiophene rings is 1. The van der Waals surface area contributed by atoms with Crippen LogP contribution in [-0.2, 0) is 14.4 Å². The van der Waals surface area contributed by atoms with Crippen LogP contribution in [0.4, 0.5) is 15.8 Å². The molecule has 1 aliphatic rings. The highest BCUT2D eigenvalue weighted by Gasteiger charge is 2.40. The Labute approximate surface area is 237 Å². The minimum absolute atomic E-state index is 0.0250. The van der Waals surface area contributed by atoms with E-state index < -0.39 is 22.9 Å². The Morgan fingerprint density at radius 1 is 0.950 bits per heavy atom. The molecule has 4 aromatic rings. The first kappa shape index (κ1) is 27.0. The Morgan fingerprint density at radius 2 is 1.68 bits per heavy atom. The summed E-state index contributed by atoms with van der Waals surface area (Å²) < 4.78 is 13.3. The minimum atomic E-state index is -0.619. The van der Waals surface area contributed by atoms with Gasteiger partial charge in [-0.3, -0.25) is 19.2 Å². The van der Waals surface area contributed by atoms with E-state index in [0.29, 0.717) is 16.9 Å². The predicted octanol–water partition coefficient (Wildman–Crippen LogP) is 5.72. The number of carbonyl (C=O) groups excluding carboxylic acids is 4. The molecule has 1 aliphatic heterocycles. The number of halogens is 1. The van der Waals surface area contributed by atoms with Crippen molar-refractivity contribution in [3.63, 3.8) is 0 Å². The molecule has 0 aliphatic carbocycles. The zero-order valence-electron chi connectivity index (χ0n) is 20.9. The monoisotopic (exact) mass is 571 g/mol. The fourth-order valence-electron chi connectivity index (χ4n) is 4.00. The highest BCUT2D eigenvalue weighted by Crippen LogP contribution is 2.34. The Hall–Kier alpha value is -4.54. The van der Waals surface area contributed by atoms with Crippen LogP contribution in [0.2, 0.25) is 0 Å². The number of thioether (sulfide) groups is 1. The maximum Gasteiger partial charge on any atom is 0.272 e. The molecule has 10 heteroatoms. The van der Waals surface area contributed by atoms with E-state index >= 15 is 0 Å². The Morgan fingerprint density at radius 3 is 2.35 bits per heavy atom. The molecule has 2 heterocycles. The van der Waals surface area contributed by atoms with Crippen LogP contribution in [0.25, 0.3) is 6.08 Å². The summed E-state index contributed by atoms with van der Waals surface area (Å²) in [6, 6.07) is 22.5. The third kappa shape index (κ3) is 6.36. The molecule has 1 saturated heterocycles. The number of amides is 4. The molecule has 0 spiro atoms. The van der Waals surface area contributed by atoms with Crippen LogP contribution in [0.5, 0.6) is 0 Å². The summed E-state index contributed by atoms with van der Waals surface area (Å²) in [5.74, 6) is -2.07. The van der Waals surface area contributed by atoms with Crippen molar-refractivity contribution in [1.82, 2.24) is 5.32 Å². The largest absolute Gasteiger partial charge is 0.321 e. The second-order valence-electron chi connectivity index (χ2n) is 8.77. The van der Waals surface area contributed by atoms with Crippen molar-refractivity contribution in [2.24, 2.45) is 0 Å². The summed E-state index contributed by atoms with van der Waals surface area (Å²) in [5.41, 5.74) is 2.11. The molecule has 0 radical (unpaired) electrons. The Balaban J connectivity index is 1.25. The molecule has 2 N–H and O–H groups in total. The van der Waals surface area contributed by atoms with E-state index in [2.05, 4.69) is 10.6 Å². The third-order valence-electron chi connectivity index (χ3n) is 5.96. The number of benzene rings is 3. The van der Waals surface area contributed by atoms with Crippen molar-refractivity contribution in [3.05, 3.63) is 118 Å². The molecule has 0 saturated carbocycles. The van der Waals surface area contributed by atoms with Crippen molar-refractivity contribution >= 4 is 64.2 Å². The molecule has 1 atom stereocenters. The molecule has 7 nitrogen and oxygen atoms in total. The lowest BCUT2D eigenvalue weighted by Gasteiger charge is -2.15. The summed E-state index contributed by atoms with van der Waals surface area (Å²) >= 11 is 2.71. The van der Waals surface area contributed by atoms with Crippen molar-refractivity contribution in [2.45, 2.75) is 16.6 Å². The number of hydrogen-bond acceptors (Lipinski definition) is 6. The van der Waals surface area contributed by atoms with Crippen LogP contribution in [0.1, 0.15) is 22.3 Å². The Bertz CT molecular complexity index is 1570. The summed E-state index contributed by atoms with van der Waals surface area (Å²) in [4.78, 5) is 53.1. The maximum absolute atomic E-state index is 13.3. The molecule has 3 aromatic carbocycles. The van der Waals surface area contributed by atoms with Gasteiger partial charge >= 0.3 is 0 Å². The quantitative estimate of drug-likeness (QED) is 0.208. The fourth-order valence-corrected chi connectivity index (χ4v) is 5.68. The van der Waals surface area contributed by atoms with Gasteiger partial charge in [0, 0.05) is 22.6 Å². The van der Waals surface area contributed by atoms with Gasteiger partial charge < -0.3 is 10.6 Å². The molecular weight excluding hydrogens is 549 g/mol. The molecule has 4 amide bonds. The highest BCUT2D eigenvalue weighted by molar-refractivity contribution is 8.00. The number of nitrogens with zero attached hydrogens (tertiary/aromatic N) is 1. The van der Waals surface area contributed by atoms with Crippen LogP contribution in [-0.4, -0.2) is 28.9 Å². The molecule has 1 unspecified atom stereocenters. The standard InChI is InChI=1S/C30H22FN3O4S2/c31-21-6-10-23(11-7-21)34-27(35)17-26(30(34)38)40-24-12-8-22(9-13-24)32-29(37)25(16-19-14-15-39-18-19)33-28(36)20-4-2-1-3-5-20/h1-16,18,26H,17H2,(H,32,37)(H,33,36)/b25-16-. The smallest absolute Gasteiger partial charge is 0.272 e. The summed E-state index contributed by atoms with van der Waals surface area (Å²) in [6.45, 7) is 0. The normalized spacial score (nSPS) is 15.3. The molecule has 1 aromatic heterocycles. The minimum Gasteiger partial charge on any atom is -0.321 e. The van der Waals surface area contributed by atoms with Crippen molar-refractivity contribution in [1.29, 1.82) is 0 Å². The van der Waals surface area contributed by atoms with Gasteiger partial charge in [0.05, 0.1) is 10.9 Å². The molecule has 200 valence electrons. The van der Waals surface area contributed by atoms with E-state index in [-0.39, 0.29) is 23.9 Å². The average Bonchev–Trinajstić information content (AvgIpc) is 3.57. The predicted molar refractivity (Wildman–Crippen MR) is 154 cm³/mol. The van der Waals surface area contributed by atoms with E-state index in [1.807, 2.05) is 16.8 Å². The molecule has 5 rings (SSSR count). The first-order valence-corrected chi connectivity index (χ1v) is 14.0. The molecule has 0 bridgehead atoms. The lowest BCUT2D eigenvalue weighted by atomic mass is 10.2. The van der Waals surface area contributed by atoms with Gasteiger partial charge in [-0.25, -0.2) is 9.29 Å². The van der Waals surface area contributed by atoms with E-state index in [4.69, 9.17) is 0 Å². The second-order valence-corrected chi connectivity index (χ2v) is 10.8. The SMILES string of the molecule is O=C(Nc1ccc(SC2CC(=O)N(c3ccc(F)cc3)C2=O)cc1)/C(=C/c1ccsc1)NC(=O)c1ccccc1. The summed E-state index contributed by atoms with van der Waals surface area (Å²) in [6.07, 6.45) is 1.63. The number of hydrogen-bond donors (Lipinski definition) is 2. The maximum atomic E-state index is 13.3. The van der Waals surface area contributed by atoms with Gasteiger partial charge in [-0.05, 0) is 89.1 Å². The van der Waals surface area contributed by atoms with Crippen LogP contribution in [0.3, 0.4) is 0 Å². The van der Waals surface area contributed by atoms with Crippen LogP contribution >= 0.6 is 23.1 Å². The summed E-state index contributed by atoms with van der Waals surface area (Å²) in [7, 11) is 0. The van der Waals surface area contributed by atoms with Crippen molar-refractivity contribution in [2.75, 3.05) is 10.2 Å². The van der Waals surface area contributed by atoms with Crippen LogP contribution in [0, 0.1) is 5.82 Å². The topological polar surface area (TPSA) is 95.6 Å². The van der Waals surface area contributed by atoms with Crippen LogP contribution in [0.15, 0.2) is 106 Å². The van der Waals surface area contributed by atoms with Crippen molar-refractivity contribution in [3.8, 4) is 0 Å². The van der Waals surface area contributed by atoms with E-state index in [0.717, 1.165) is 15.4 Å². The third-order valence-corrected chi connectivity index (χ3v) is 7.86. The lowest BCUT2D eigenvalue weighted by Crippen LogP contribution is -2.31. The van der Waals surface area contributed by atoms with E-state index in [1.54, 1.807) is 60.7 Å². The molecule has 40 heavy (non-hydrogen) atoms. The molecular formula is C30H22FN3O4S2. The van der Waals surface area contributed by atoms with Gasteiger partial charge in [-0.1, -0.05) is 18.2 Å². The Kier molecular flexibility index (Phi) is 8.18. The highest BCUT2D eigenvalue weighted by atomic mass is 32.2. The number of nitrogens with one attached hydrogen (secondary N) is 2. The van der Waals surface area contributed by atoms with Gasteiger partial charge in [0.15, 0.2) is 0 Å². The van der Waals surface area contributed by atoms with Gasteiger partial charge in [0.2, 0.25) is 11.8 Å². The average molecular weight is 572 g/mol. The number of rotatable bonds is 8. The van der Waals surface area contributed by atoms with Gasteiger partial charge in [0.1, 0.15) is 11.5 Å². The van der Waals surface area contributed by atoms with E-state index in [1.165, 1.54) is 47.4 Å². The first-order valence-electron chi connectivity index (χ1n) is 12.2. The van der Waals surface area contributed by atoms with Gasteiger partial charge in [-0.2, -0.15) is 11.3 Å².